The summed E-state index contributed by atoms with van der Waals surface area (Å²) in [5, 5.41) is 4.71. The van der Waals surface area contributed by atoms with Gasteiger partial charge in [0.25, 0.3) is 5.91 Å². The second kappa shape index (κ2) is 8.94. The van der Waals surface area contributed by atoms with Crippen LogP contribution in [0.25, 0.3) is 5.65 Å². The Balaban J connectivity index is 1.57. The second-order valence-electron chi connectivity index (χ2n) is 8.17. The van der Waals surface area contributed by atoms with Crippen molar-refractivity contribution in [3.8, 4) is 5.75 Å². The number of fused-ring (bicyclic) bond motifs is 1. The van der Waals surface area contributed by atoms with Crippen LogP contribution in [-0.2, 0) is 6.18 Å². The first kappa shape index (κ1) is 22.9. The van der Waals surface area contributed by atoms with Gasteiger partial charge in [0.15, 0.2) is 5.65 Å². The third-order valence-electron chi connectivity index (χ3n) is 5.80. The van der Waals surface area contributed by atoms with Gasteiger partial charge in [-0.2, -0.15) is 18.3 Å². The molecule has 0 spiro atoms. The van der Waals surface area contributed by atoms with Gasteiger partial charge in [-0.3, -0.25) is 9.78 Å². The molecule has 0 radical (unpaired) electrons. The summed E-state index contributed by atoms with van der Waals surface area (Å²) < 4.78 is 46.5. The number of amides is 1. The molecule has 176 valence electrons. The van der Waals surface area contributed by atoms with E-state index in [0.717, 1.165) is 53.7 Å². The van der Waals surface area contributed by atoms with E-state index in [2.05, 4.69) is 34.1 Å². The van der Waals surface area contributed by atoms with E-state index >= 15 is 0 Å². The summed E-state index contributed by atoms with van der Waals surface area (Å²) in [5.41, 5.74) is -1.36. The largest absolute Gasteiger partial charge is 0.488 e. The van der Waals surface area contributed by atoms with Crippen LogP contribution in [-0.4, -0.2) is 56.6 Å². The molecule has 0 aliphatic heterocycles. The van der Waals surface area contributed by atoms with Crippen LogP contribution >= 0.6 is 0 Å². The van der Waals surface area contributed by atoms with Crippen LogP contribution in [0, 0.1) is 0 Å². The zero-order valence-electron chi connectivity index (χ0n) is 18.2. The quantitative estimate of drug-likeness (QED) is 0.353. The van der Waals surface area contributed by atoms with Crippen molar-refractivity contribution in [2.45, 2.75) is 44.0 Å². The summed E-state index contributed by atoms with van der Waals surface area (Å²) in [4.78, 5) is 22.9. The predicted octanol–water partition coefficient (Wildman–Crippen LogP) is 2.92. The number of nitrogens with two attached hydrogens (primary N) is 1. The van der Waals surface area contributed by atoms with Crippen LogP contribution in [0.2, 0.25) is 0 Å². The number of carbonyl (C=O) groups excluding carboxylic acids is 1. The van der Waals surface area contributed by atoms with Gasteiger partial charge in [-0.25, -0.2) is 20.4 Å². The zero-order chi connectivity index (χ0) is 23.8. The molecule has 3 aromatic rings. The lowest BCUT2D eigenvalue weighted by molar-refractivity contribution is -0.141. The van der Waals surface area contributed by atoms with E-state index in [1.54, 1.807) is 6.07 Å². The normalized spacial score (nSPS) is 19.1. The van der Waals surface area contributed by atoms with Gasteiger partial charge in [0.1, 0.15) is 22.7 Å². The van der Waals surface area contributed by atoms with Gasteiger partial charge in [-0.15, -0.1) is 0 Å². The van der Waals surface area contributed by atoms with Crippen molar-refractivity contribution in [2.75, 3.05) is 19.1 Å². The number of hydrogen-bond donors (Lipinski definition) is 1. The second-order valence-corrected chi connectivity index (χ2v) is 8.17. The number of hydrogen-bond acceptors (Lipinski definition) is 7. The molecule has 1 amide bonds. The summed E-state index contributed by atoms with van der Waals surface area (Å²) in [7, 11) is 4.11. The molecular weight excluding hydrogens is 439 g/mol. The molecule has 0 atom stereocenters. The molecule has 1 fully saturated rings. The number of pyridine rings is 1. The fraction of sp³-hybridized carbons (Fsp3) is 0.429. The Morgan fingerprint density at radius 3 is 2.58 bits per heavy atom. The fourth-order valence-corrected chi connectivity index (χ4v) is 3.93. The van der Waals surface area contributed by atoms with E-state index < -0.39 is 17.8 Å². The molecule has 0 unspecified atom stereocenters. The number of carbonyl (C=O) groups is 1. The van der Waals surface area contributed by atoms with E-state index in [1.807, 2.05) is 0 Å². The standard InChI is InChI=1S/C21H24F3N7O2/c1-29(2)13-3-5-14(6-4-13)33-17-7-9-26-12-16(17)31(25)20(32)15-11-27-30-10-8-18(21(22,23)24)28-19(15)30/h7-14H,3-6,25H2,1-2H3. The van der Waals surface area contributed by atoms with Crippen LogP contribution in [0.5, 0.6) is 5.75 Å². The lowest BCUT2D eigenvalue weighted by Gasteiger charge is -2.33. The van der Waals surface area contributed by atoms with Crippen LogP contribution in [0.4, 0.5) is 18.9 Å². The molecule has 33 heavy (non-hydrogen) atoms. The minimum Gasteiger partial charge on any atom is -0.488 e. The topological polar surface area (TPSA) is 102 Å². The Labute approximate surface area is 187 Å². The maximum Gasteiger partial charge on any atom is 0.433 e. The van der Waals surface area contributed by atoms with Gasteiger partial charge in [-0.1, -0.05) is 0 Å². The highest BCUT2D eigenvalue weighted by atomic mass is 19.4. The minimum absolute atomic E-state index is 0.0427. The minimum atomic E-state index is -4.66. The summed E-state index contributed by atoms with van der Waals surface area (Å²) in [6.07, 6.45) is 4.08. The van der Waals surface area contributed by atoms with Gasteiger partial charge in [0, 0.05) is 24.5 Å². The molecule has 12 heteroatoms. The van der Waals surface area contributed by atoms with Crippen molar-refractivity contribution in [2.24, 2.45) is 5.84 Å². The summed E-state index contributed by atoms with van der Waals surface area (Å²) in [6.45, 7) is 0. The smallest absolute Gasteiger partial charge is 0.433 e. The third-order valence-corrected chi connectivity index (χ3v) is 5.80. The molecule has 1 saturated carbocycles. The average Bonchev–Trinajstić information content (AvgIpc) is 3.21. The van der Waals surface area contributed by atoms with Crippen LogP contribution in [0.15, 0.2) is 36.9 Å². The number of aromatic nitrogens is 4. The van der Waals surface area contributed by atoms with Gasteiger partial charge >= 0.3 is 6.18 Å². The lowest BCUT2D eigenvalue weighted by Crippen LogP contribution is -2.39. The number of alkyl halides is 3. The van der Waals surface area contributed by atoms with Gasteiger partial charge < -0.3 is 9.64 Å². The molecule has 3 aromatic heterocycles. The Bertz CT molecular complexity index is 1140. The molecule has 9 nitrogen and oxygen atoms in total. The maximum absolute atomic E-state index is 13.1. The number of halogens is 3. The van der Waals surface area contributed by atoms with E-state index in [-0.39, 0.29) is 23.0 Å². The highest BCUT2D eigenvalue weighted by molar-refractivity contribution is 6.09. The van der Waals surface area contributed by atoms with E-state index in [4.69, 9.17) is 10.6 Å². The number of rotatable bonds is 5. The number of ether oxygens (including phenoxy) is 1. The molecule has 0 saturated heterocycles. The van der Waals surface area contributed by atoms with Crippen molar-refractivity contribution in [1.82, 2.24) is 24.5 Å². The highest BCUT2D eigenvalue weighted by Gasteiger charge is 2.34. The molecule has 0 aromatic carbocycles. The summed E-state index contributed by atoms with van der Waals surface area (Å²) >= 11 is 0. The highest BCUT2D eigenvalue weighted by Crippen LogP contribution is 2.32. The molecular formula is C21H24F3N7O2. The van der Waals surface area contributed by atoms with E-state index in [0.29, 0.717) is 11.8 Å². The molecule has 4 rings (SSSR count). The first-order chi connectivity index (χ1) is 15.6. The molecule has 1 aliphatic carbocycles. The lowest BCUT2D eigenvalue weighted by atomic mass is 9.92. The van der Waals surface area contributed by atoms with Gasteiger partial charge in [0.2, 0.25) is 0 Å². The van der Waals surface area contributed by atoms with Crippen LogP contribution in [0.3, 0.4) is 0 Å². The third kappa shape index (κ3) is 4.76. The molecule has 3 heterocycles. The Hall–Kier alpha value is -3.25. The monoisotopic (exact) mass is 463 g/mol. The Morgan fingerprint density at radius 2 is 1.91 bits per heavy atom. The number of nitrogens with zero attached hydrogens (tertiary/aromatic N) is 6. The van der Waals surface area contributed by atoms with Crippen molar-refractivity contribution in [3.05, 3.63) is 48.2 Å². The van der Waals surface area contributed by atoms with Crippen molar-refractivity contribution < 1.29 is 22.7 Å². The first-order valence-corrected chi connectivity index (χ1v) is 10.4. The molecule has 0 bridgehead atoms. The van der Waals surface area contributed by atoms with Gasteiger partial charge in [0.05, 0.1) is 18.5 Å². The van der Waals surface area contributed by atoms with Crippen LogP contribution < -0.4 is 15.6 Å². The number of hydrazine groups is 1. The number of anilines is 1. The molecule has 1 aliphatic rings. The fourth-order valence-electron chi connectivity index (χ4n) is 3.93. The van der Waals surface area contributed by atoms with Gasteiger partial charge in [-0.05, 0) is 45.8 Å². The van der Waals surface area contributed by atoms with E-state index in [9.17, 15) is 18.0 Å². The summed E-state index contributed by atoms with van der Waals surface area (Å²) in [6, 6.07) is 2.89. The van der Waals surface area contributed by atoms with Crippen molar-refractivity contribution >= 4 is 17.2 Å². The Morgan fingerprint density at radius 1 is 1.18 bits per heavy atom. The molecule has 2 N–H and O–H groups in total. The van der Waals surface area contributed by atoms with Crippen molar-refractivity contribution in [1.29, 1.82) is 0 Å². The SMILES string of the molecule is CN(C)C1CCC(Oc2ccncc2N(N)C(=O)c2cnn3ccc(C(F)(F)F)nc23)CC1. The summed E-state index contributed by atoms with van der Waals surface area (Å²) in [5.74, 6) is 5.67. The first-order valence-electron chi connectivity index (χ1n) is 10.4. The average molecular weight is 463 g/mol. The Kier molecular flexibility index (Phi) is 6.21. The van der Waals surface area contributed by atoms with E-state index in [1.165, 1.54) is 12.4 Å². The zero-order valence-corrected chi connectivity index (χ0v) is 18.2. The maximum atomic E-state index is 13.1. The predicted molar refractivity (Wildman–Crippen MR) is 114 cm³/mol. The van der Waals surface area contributed by atoms with Crippen LogP contribution in [0.1, 0.15) is 41.7 Å². The van der Waals surface area contributed by atoms with Crippen molar-refractivity contribution in [3.63, 3.8) is 0 Å².